The van der Waals surface area contributed by atoms with Crippen LogP contribution in [0, 0.1) is 0 Å². The largest absolute Gasteiger partial charge is 0.493 e. The molecule has 6 heteroatoms. The first-order chi connectivity index (χ1) is 11.2. The van der Waals surface area contributed by atoms with Crippen LogP contribution in [0.4, 0.5) is 0 Å². The highest BCUT2D eigenvalue weighted by Crippen LogP contribution is 2.40. The highest BCUT2D eigenvalue weighted by Gasteiger charge is 2.19. The van der Waals surface area contributed by atoms with Crippen molar-refractivity contribution in [2.24, 2.45) is 0 Å². The molecular formula is C17H22N2O4. The topological polar surface area (TPSA) is 51.2 Å². The third-order valence-electron chi connectivity index (χ3n) is 4.08. The number of carbonyl (C=O) groups excluding carboxylic acids is 1. The van der Waals surface area contributed by atoms with Crippen molar-refractivity contribution in [1.82, 2.24) is 9.80 Å². The third kappa shape index (κ3) is 3.59. The molecule has 0 N–H and O–H groups in total. The van der Waals surface area contributed by atoms with Gasteiger partial charge in [-0.3, -0.25) is 4.79 Å². The maximum atomic E-state index is 12.3. The van der Waals surface area contributed by atoms with Crippen molar-refractivity contribution in [1.29, 1.82) is 0 Å². The fraction of sp³-hybridized carbons (Fsp3) is 0.471. The van der Waals surface area contributed by atoms with Crippen molar-refractivity contribution in [3.05, 3.63) is 23.8 Å². The molecule has 2 heterocycles. The van der Waals surface area contributed by atoms with Gasteiger partial charge in [-0.2, -0.15) is 0 Å². The smallest absolute Gasteiger partial charge is 0.246 e. The maximum absolute atomic E-state index is 12.3. The van der Waals surface area contributed by atoms with Crippen LogP contribution in [0.25, 0.3) is 6.08 Å². The molecule has 1 aromatic rings. The first kappa shape index (κ1) is 15.7. The van der Waals surface area contributed by atoms with E-state index in [1.807, 2.05) is 17.0 Å². The second-order valence-corrected chi connectivity index (χ2v) is 5.71. The number of rotatable bonds is 3. The van der Waals surface area contributed by atoms with Crippen LogP contribution in [-0.2, 0) is 4.79 Å². The minimum absolute atomic E-state index is 0.0342. The monoisotopic (exact) mass is 318 g/mol. The number of hydrogen-bond donors (Lipinski definition) is 0. The standard InChI is InChI=1S/C17H22N2O4/c1-18-5-7-19(8-6-18)16(20)4-3-13-11-14(21-2)17-15(12-13)22-9-10-23-17/h3-4,11-12H,5-10H2,1-2H3/b4-3+. The average Bonchev–Trinajstić information content (AvgIpc) is 2.59. The van der Waals surface area contributed by atoms with E-state index in [-0.39, 0.29) is 5.91 Å². The Morgan fingerprint density at radius 3 is 2.65 bits per heavy atom. The Bertz CT molecular complexity index is 590. The van der Waals surface area contributed by atoms with Crippen molar-refractivity contribution in [2.75, 3.05) is 53.6 Å². The van der Waals surface area contributed by atoms with Crippen LogP contribution in [0.5, 0.6) is 17.2 Å². The van der Waals surface area contributed by atoms with Gasteiger partial charge in [0.2, 0.25) is 11.7 Å². The molecule has 2 aliphatic heterocycles. The second kappa shape index (κ2) is 6.91. The zero-order chi connectivity index (χ0) is 16.2. The van der Waals surface area contributed by atoms with Crippen LogP contribution in [0.2, 0.25) is 0 Å². The summed E-state index contributed by atoms with van der Waals surface area (Å²) in [4.78, 5) is 16.3. The number of benzene rings is 1. The minimum atomic E-state index is 0.0342. The van der Waals surface area contributed by atoms with E-state index in [0.717, 1.165) is 31.7 Å². The fourth-order valence-corrected chi connectivity index (χ4v) is 2.69. The van der Waals surface area contributed by atoms with Crippen LogP contribution < -0.4 is 14.2 Å². The quantitative estimate of drug-likeness (QED) is 0.785. The zero-order valence-electron chi connectivity index (χ0n) is 13.6. The molecule has 0 unspecified atom stereocenters. The fourth-order valence-electron chi connectivity index (χ4n) is 2.69. The van der Waals surface area contributed by atoms with Gasteiger partial charge in [-0.05, 0) is 30.8 Å². The predicted octanol–water partition coefficient (Wildman–Crippen LogP) is 1.25. The number of likely N-dealkylation sites (N-methyl/N-ethyl adjacent to an activating group) is 1. The Balaban J connectivity index is 1.73. The molecule has 0 bridgehead atoms. The number of hydrogen-bond acceptors (Lipinski definition) is 5. The molecule has 1 aromatic carbocycles. The summed E-state index contributed by atoms with van der Waals surface area (Å²) >= 11 is 0. The number of nitrogens with zero attached hydrogens (tertiary/aromatic N) is 2. The molecule has 0 aromatic heterocycles. The first-order valence-electron chi connectivity index (χ1n) is 7.80. The molecule has 0 radical (unpaired) electrons. The van der Waals surface area contributed by atoms with Gasteiger partial charge in [0.05, 0.1) is 7.11 Å². The summed E-state index contributed by atoms with van der Waals surface area (Å²) in [5.41, 5.74) is 0.855. The Morgan fingerprint density at radius 2 is 1.91 bits per heavy atom. The van der Waals surface area contributed by atoms with E-state index in [0.29, 0.717) is 30.5 Å². The van der Waals surface area contributed by atoms with Crippen molar-refractivity contribution in [2.45, 2.75) is 0 Å². The lowest BCUT2D eigenvalue weighted by Gasteiger charge is -2.31. The van der Waals surface area contributed by atoms with Crippen LogP contribution >= 0.6 is 0 Å². The van der Waals surface area contributed by atoms with E-state index >= 15 is 0 Å². The Morgan fingerprint density at radius 1 is 1.17 bits per heavy atom. The van der Waals surface area contributed by atoms with Crippen molar-refractivity contribution in [3.63, 3.8) is 0 Å². The molecule has 0 saturated carbocycles. The SMILES string of the molecule is COc1cc(/C=C/C(=O)N2CCN(C)CC2)cc2c1OCCO2. The number of carbonyl (C=O) groups is 1. The van der Waals surface area contributed by atoms with Gasteiger partial charge in [-0.25, -0.2) is 0 Å². The van der Waals surface area contributed by atoms with Gasteiger partial charge < -0.3 is 24.0 Å². The number of fused-ring (bicyclic) bond motifs is 1. The lowest BCUT2D eigenvalue weighted by molar-refractivity contribution is -0.127. The number of methoxy groups -OCH3 is 1. The van der Waals surface area contributed by atoms with Gasteiger partial charge in [-0.1, -0.05) is 0 Å². The summed E-state index contributed by atoms with van der Waals surface area (Å²) < 4.78 is 16.5. The summed E-state index contributed by atoms with van der Waals surface area (Å²) in [5.74, 6) is 1.93. The molecule has 1 fully saturated rings. The Hall–Kier alpha value is -2.21. The number of amides is 1. The van der Waals surface area contributed by atoms with E-state index in [9.17, 15) is 4.79 Å². The van der Waals surface area contributed by atoms with Gasteiger partial charge in [0, 0.05) is 32.3 Å². The number of piperazine rings is 1. The Kier molecular flexibility index (Phi) is 4.71. The first-order valence-corrected chi connectivity index (χ1v) is 7.80. The van der Waals surface area contributed by atoms with E-state index in [1.165, 1.54) is 0 Å². The van der Waals surface area contributed by atoms with Crippen LogP contribution in [0.15, 0.2) is 18.2 Å². The van der Waals surface area contributed by atoms with E-state index in [2.05, 4.69) is 11.9 Å². The molecule has 124 valence electrons. The van der Waals surface area contributed by atoms with Crippen molar-refractivity contribution >= 4 is 12.0 Å². The van der Waals surface area contributed by atoms with Gasteiger partial charge in [0.1, 0.15) is 13.2 Å². The molecule has 23 heavy (non-hydrogen) atoms. The number of ether oxygens (including phenoxy) is 3. The molecular weight excluding hydrogens is 296 g/mol. The molecule has 0 spiro atoms. The van der Waals surface area contributed by atoms with Gasteiger partial charge in [0.15, 0.2) is 11.5 Å². The van der Waals surface area contributed by atoms with E-state index in [4.69, 9.17) is 14.2 Å². The minimum Gasteiger partial charge on any atom is -0.493 e. The summed E-state index contributed by atoms with van der Waals surface area (Å²) in [6.07, 6.45) is 3.40. The lowest BCUT2D eigenvalue weighted by atomic mass is 10.1. The average molecular weight is 318 g/mol. The summed E-state index contributed by atoms with van der Waals surface area (Å²) in [7, 11) is 3.66. The van der Waals surface area contributed by atoms with Gasteiger partial charge >= 0.3 is 0 Å². The van der Waals surface area contributed by atoms with Crippen LogP contribution in [-0.4, -0.2) is 69.3 Å². The summed E-state index contributed by atoms with van der Waals surface area (Å²) in [6.45, 7) is 4.40. The molecule has 6 nitrogen and oxygen atoms in total. The molecule has 3 rings (SSSR count). The molecule has 2 aliphatic rings. The predicted molar refractivity (Wildman–Crippen MR) is 87.1 cm³/mol. The zero-order valence-corrected chi connectivity index (χ0v) is 13.6. The molecule has 0 atom stereocenters. The van der Waals surface area contributed by atoms with Gasteiger partial charge in [-0.15, -0.1) is 0 Å². The highest BCUT2D eigenvalue weighted by atomic mass is 16.6. The second-order valence-electron chi connectivity index (χ2n) is 5.71. The summed E-state index contributed by atoms with van der Waals surface area (Å²) in [6, 6.07) is 3.71. The highest BCUT2D eigenvalue weighted by molar-refractivity contribution is 5.92. The van der Waals surface area contributed by atoms with E-state index < -0.39 is 0 Å². The summed E-state index contributed by atoms with van der Waals surface area (Å²) in [5, 5.41) is 0. The molecule has 0 aliphatic carbocycles. The van der Waals surface area contributed by atoms with Crippen LogP contribution in [0.3, 0.4) is 0 Å². The van der Waals surface area contributed by atoms with Crippen LogP contribution in [0.1, 0.15) is 5.56 Å². The van der Waals surface area contributed by atoms with Gasteiger partial charge in [0.25, 0.3) is 0 Å². The van der Waals surface area contributed by atoms with Crippen molar-refractivity contribution < 1.29 is 19.0 Å². The van der Waals surface area contributed by atoms with E-state index in [1.54, 1.807) is 19.3 Å². The Labute approximate surface area is 136 Å². The lowest BCUT2D eigenvalue weighted by Crippen LogP contribution is -2.46. The maximum Gasteiger partial charge on any atom is 0.246 e. The van der Waals surface area contributed by atoms with Crippen molar-refractivity contribution in [3.8, 4) is 17.2 Å². The molecule has 1 saturated heterocycles. The normalized spacial score (nSPS) is 18.3. The molecule has 1 amide bonds. The third-order valence-corrected chi connectivity index (χ3v) is 4.08.